The Morgan fingerprint density at radius 1 is 1.35 bits per heavy atom. The molecule has 1 aromatic rings. The minimum absolute atomic E-state index is 0.0396. The van der Waals surface area contributed by atoms with Gasteiger partial charge in [0.25, 0.3) is 5.91 Å². The molecule has 1 aliphatic heterocycles. The van der Waals surface area contributed by atoms with Crippen molar-refractivity contribution in [3.8, 4) is 5.75 Å². The lowest BCUT2D eigenvalue weighted by atomic mass is 10.2. The highest BCUT2D eigenvalue weighted by Gasteiger charge is 2.24. The van der Waals surface area contributed by atoms with Gasteiger partial charge in [0, 0.05) is 19.9 Å². The summed E-state index contributed by atoms with van der Waals surface area (Å²) in [6.07, 6.45) is -0.816. The van der Waals surface area contributed by atoms with Gasteiger partial charge in [0.2, 0.25) is 0 Å². The maximum atomic E-state index is 11.6. The summed E-state index contributed by atoms with van der Waals surface area (Å²) in [5, 5.41) is 6.08. The molecule has 0 aliphatic carbocycles. The SMILES string of the molecule is COC(OC)C(C)Nc1ccc2c(c1)NC(=O)C(C)O2. The topological polar surface area (TPSA) is 68.8 Å². The standard InChI is InChI=1S/C14H20N2O4/c1-8(14(18-3)19-4)15-10-5-6-12-11(7-10)16-13(17)9(2)20-12/h5-9,14-15H,1-4H3,(H,16,17). The van der Waals surface area contributed by atoms with Crippen molar-refractivity contribution >= 4 is 17.3 Å². The largest absolute Gasteiger partial charge is 0.479 e. The van der Waals surface area contributed by atoms with E-state index in [0.29, 0.717) is 11.4 Å². The van der Waals surface area contributed by atoms with Gasteiger partial charge in [0.05, 0.1) is 11.7 Å². The van der Waals surface area contributed by atoms with E-state index in [-0.39, 0.29) is 18.2 Å². The van der Waals surface area contributed by atoms with E-state index in [1.807, 2.05) is 25.1 Å². The van der Waals surface area contributed by atoms with Gasteiger partial charge in [-0.25, -0.2) is 0 Å². The van der Waals surface area contributed by atoms with Crippen LogP contribution in [-0.4, -0.2) is 38.6 Å². The lowest BCUT2D eigenvalue weighted by Crippen LogP contribution is -2.35. The predicted molar refractivity (Wildman–Crippen MR) is 76.1 cm³/mol. The van der Waals surface area contributed by atoms with Gasteiger partial charge < -0.3 is 24.8 Å². The zero-order valence-electron chi connectivity index (χ0n) is 12.1. The first-order valence-electron chi connectivity index (χ1n) is 6.49. The smallest absolute Gasteiger partial charge is 0.265 e. The molecule has 2 rings (SSSR count). The van der Waals surface area contributed by atoms with Crippen molar-refractivity contribution < 1.29 is 19.0 Å². The normalized spacial score (nSPS) is 19.1. The van der Waals surface area contributed by atoms with E-state index in [1.54, 1.807) is 21.1 Å². The van der Waals surface area contributed by atoms with Crippen molar-refractivity contribution in [2.24, 2.45) is 0 Å². The molecule has 6 heteroatoms. The van der Waals surface area contributed by atoms with Gasteiger partial charge in [0.1, 0.15) is 5.75 Å². The number of methoxy groups -OCH3 is 2. The molecule has 0 aromatic heterocycles. The monoisotopic (exact) mass is 280 g/mol. The highest BCUT2D eigenvalue weighted by Crippen LogP contribution is 2.32. The summed E-state index contributed by atoms with van der Waals surface area (Å²) >= 11 is 0. The average molecular weight is 280 g/mol. The Balaban J connectivity index is 2.12. The van der Waals surface area contributed by atoms with E-state index in [2.05, 4.69) is 10.6 Å². The molecule has 1 aliphatic rings. The molecule has 20 heavy (non-hydrogen) atoms. The molecule has 2 N–H and O–H groups in total. The minimum atomic E-state index is -0.466. The molecule has 110 valence electrons. The molecular formula is C14H20N2O4. The summed E-state index contributed by atoms with van der Waals surface area (Å²) in [6.45, 7) is 3.67. The van der Waals surface area contributed by atoms with Gasteiger partial charge in [-0.15, -0.1) is 0 Å². The van der Waals surface area contributed by atoms with Gasteiger partial charge in [-0.1, -0.05) is 0 Å². The Hall–Kier alpha value is -1.79. The molecule has 2 unspecified atom stereocenters. The van der Waals surface area contributed by atoms with Crippen molar-refractivity contribution in [2.45, 2.75) is 32.3 Å². The number of hydrogen-bond acceptors (Lipinski definition) is 5. The van der Waals surface area contributed by atoms with Crippen molar-refractivity contribution in [1.82, 2.24) is 0 Å². The molecule has 0 saturated heterocycles. The van der Waals surface area contributed by atoms with E-state index < -0.39 is 6.10 Å². The fourth-order valence-corrected chi connectivity index (χ4v) is 2.13. The number of benzene rings is 1. The summed E-state index contributed by atoms with van der Waals surface area (Å²) in [6, 6.07) is 5.51. The Morgan fingerprint density at radius 2 is 2.05 bits per heavy atom. The van der Waals surface area contributed by atoms with E-state index >= 15 is 0 Å². The Bertz CT molecular complexity index is 488. The number of carbonyl (C=O) groups excluding carboxylic acids is 1. The summed E-state index contributed by atoms with van der Waals surface area (Å²) in [5.74, 6) is 0.527. The molecule has 1 aromatic carbocycles. The second-order valence-corrected chi connectivity index (χ2v) is 4.73. The van der Waals surface area contributed by atoms with Crippen LogP contribution in [0, 0.1) is 0 Å². The van der Waals surface area contributed by atoms with E-state index in [9.17, 15) is 4.79 Å². The van der Waals surface area contributed by atoms with Crippen LogP contribution in [0.25, 0.3) is 0 Å². The van der Waals surface area contributed by atoms with Crippen LogP contribution in [0.15, 0.2) is 18.2 Å². The summed E-state index contributed by atoms with van der Waals surface area (Å²) < 4.78 is 15.9. The molecule has 1 amide bonds. The number of hydrogen-bond donors (Lipinski definition) is 2. The van der Waals surface area contributed by atoms with Crippen molar-refractivity contribution in [3.63, 3.8) is 0 Å². The highest BCUT2D eigenvalue weighted by molar-refractivity contribution is 5.98. The van der Waals surface area contributed by atoms with Gasteiger partial charge >= 0.3 is 0 Å². The molecule has 0 spiro atoms. The first kappa shape index (κ1) is 14.6. The van der Waals surface area contributed by atoms with Crippen molar-refractivity contribution in [2.75, 3.05) is 24.9 Å². The van der Waals surface area contributed by atoms with Crippen molar-refractivity contribution in [3.05, 3.63) is 18.2 Å². The molecule has 0 radical (unpaired) electrons. The maximum Gasteiger partial charge on any atom is 0.265 e. The van der Waals surface area contributed by atoms with Crippen LogP contribution in [0.5, 0.6) is 5.75 Å². The molecular weight excluding hydrogens is 260 g/mol. The zero-order valence-corrected chi connectivity index (χ0v) is 12.1. The fraction of sp³-hybridized carbons (Fsp3) is 0.500. The van der Waals surface area contributed by atoms with Gasteiger partial charge in [-0.2, -0.15) is 0 Å². The average Bonchev–Trinajstić information content (AvgIpc) is 2.42. The number of rotatable bonds is 5. The van der Waals surface area contributed by atoms with Crippen molar-refractivity contribution in [1.29, 1.82) is 0 Å². The Kier molecular flexibility index (Phi) is 4.46. The lowest BCUT2D eigenvalue weighted by Gasteiger charge is -2.26. The number of carbonyl (C=O) groups is 1. The van der Waals surface area contributed by atoms with Crippen LogP contribution in [0.2, 0.25) is 0 Å². The van der Waals surface area contributed by atoms with E-state index in [0.717, 1.165) is 5.69 Å². The lowest BCUT2D eigenvalue weighted by molar-refractivity contribution is -0.122. The van der Waals surface area contributed by atoms with Crippen LogP contribution in [0.3, 0.4) is 0 Å². The zero-order chi connectivity index (χ0) is 14.7. The van der Waals surface area contributed by atoms with Crippen LogP contribution in [-0.2, 0) is 14.3 Å². The Labute approximate surface area is 118 Å². The third-order valence-electron chi connectivity index (χ3n) is 3.18. The number of amides is 1. The number of ether oxygens (including phenoxy) is 3. The molecule has 0 bridgehead atoms. The second kappa shape index (κ2) is 6.11. The van der Waals surface area contributed by atoms with Crippen LogP contribution in [0.4, 0.5) is 11.4 Å². The van der Waals surface area contributed by atoms with Crippen LogP contribution in [0.1, 0.15) is 13.8 Å². The first-order chi connectivity index (χ1) is 9.55. The first-order valence-corrected chi connectivity index (χ1v) is 6.49. The molecule has 2 atom stereocenters. The van der Waals surface area contributed by atoms with Crippen LogP contribution < -0.4 is 15.4 Å². The number of anilines is 2. The third-order valence-corrected chi connectivity index (χ3v) is 3.18. The fourth-order valence-electron chi connectivity index (χ4n) is 2.13. The number of nitrogens with one attached hydrogen (secondary N) is 2. The summed E-state index contributed by atoms with van der Waals surface area (Å²) in [7, 11) is 3.18. The van der Waals surface area contributed by atoms with E-state index in [4.69, 9.17) is 14.2 Å². The van der Waals surface area contributed by atoms with Crippen LogP contribution >= 0.6 is 0 Å². The second-order valence-electron chi connectivity index (χ2n) is 4.73. The molecule has 6 nitrogen and oxygen atoms in total. The number of fused-ring (bicyclic) bond motifs is 1. The third kappa shape index (κ3) is 3.02. The predicted octanol–water partition coefficient (Wildman–Crippen LogP) is 1.83. The minimum Gasteiger partial charge on any atom is -0.479 e. The quantitative estimate of drug-likeness (QED) is 0.805. The summed E-state index contributed by atoms with van der Waals surface area (Å²) in [5.41, 5.74) is 1.52. The molecule has 0 fully saturated rings. The molecule has 1 heterocycles. The summed E-state index contributed by atoms with van der Waals surface area (Å²) in [4.78, 5) is 11.6. The maximum absolute atomic E-state index is 11.6. The van der Waals surface area contributed by atoms with E-state index in [1.165, 1.54) is 0 Å². The van der Waals surface area contributed by atoms with Gasteiger partial charge in [-0.3, -0.25) is 4.79 Å². The highest BCUT2D eigenvalue weighted by atomic mass is 16.7. The molecule has 0 saturated carbocycles. The van der Waals surface area contributed by atoms with Gasteiger partial charge in [-0.05, 0) is 32.0 Å². The Morgan fingerprint density at radius 3 is 2.70 bits per heavy atom. The van der Waals surface area contributed by atoms with Gasteiger partial charge in [0.15, 0.2) is 12.4 Å².